The summed E-state index contributed by atoms with van der Waals surface area (Å²) in [7, 11) is 0. The molecule has 4 aromatic rings. The van der Waals surface area contributed by atoms with Crippen molar-refractivity contribution in [3.63, 3.8) is 0 Å². The third kappa shape index (κ3) is 2.77. The van der Waals surface area contributed by atoms with Crippen LogP contribution in [0.3, 0.4) is 0 Å². The summed E-state index contributed by atoms with van der Waals surface area (Å²) in [5.41, 5.74) is 1.77. The van der Waals surface area contributed by atoms with Crippen molar-refractivity contribution in [2.24, 2.45) is 0 Å². The molecule has 0 bridgehead atoms. The van der Waals surface area contributed by atoms with Crippen LogP contribution in [0.15, 0.2) is 102 Å². The molecule has 128 valence electrons. The second-order valence-electron chi connectivity index (χ2n) is 6.03. The SMILES string of the molecule is OC(c1ccccc1)(c1ccccc1)c1c(Br)cnn1-c1ccccc1. The maximum absolute atomic E-state index is 12.0. The Hall–Kier alpha value is -2.69. The molecule has 3 aromatic carbocycles. The first-order valence-electron chi connectivity index (χ1n) is 8.34. The lowest BCUT2D eigenvalue weighted by Gasteiger charge is -2.30. The van der Waals surface area contributed by atoms with E-state index in [0.29, 0.717) is 5.69 Å². The van der Waals surface area contributed by atoms with Gasteiger partial charge in [-0.3, -0.25) is 0 Å². The number of hydrogen-bond acceptors (Lipinski definition) is 2. The van der Waals surface area contributed by atoms with Gasteiger partial charge in [-0.25, -0.2) is 4.68 Å². The monoisotopic (exact) mass is 404 g/mol. The van der Waals surface area contributed by atoms with Gasteiger partial charge < -0.3 is 5.11 Å². The van der Waals surface area contributed by atoms with Crippen LogP contribution in [0.4, 0.5) is 0 Å². The molecule has 0 fully saturated rings. The van der Waals surface area contributed by atoms with Crippen LogP contribution in [0.25, 0.3) is 5.69 Å². The van der Waals surface area contributed by atoms with Crippen molar-refractivity contribution in [3.05, 3.63) is 118 Å². The van der Waals surface area contributed by atoms with Crippen molar-refractivity contribution < 1.29 is 5.11 Å². The van der Waals surface area contributed by atoms with Gasteiger partial charge in [0.1, 0.15) is 0 Å². The highest BCUT2D eigenvalue weighted by Gasteiger charge is 2.39. The van der Waals surface area contributed by atoms with Gasteiger partial charge in [-0.15, -0.1) is 0 Å². The van der Waals surface area contributed by atoms with E-state index in [4.69, 9.17) is 0 Å². The number of benzene rings is 3. The predicted molar refractivity (Wildman–Crippen MR) is 106 cm³/mol. The predicted octanol–water partition coefficient (Wildman–Crippen LogP) is 4.92. The van der Waals surface area contributed by atoms with E-state index in [1.54, 1.807) is 10.9 Å². The highest BCUT2D eigenvalue weighted by Crippen LogP contribution is 2.40. The van der Waals surface area contributed by atoms with Crippen LogP contribution in [-0.4, -0.2) is 14.9 Å². The Bertz CT molecular complexity index is 959. The van der Waals surface area contributed by atoms with E-state index in [1.807, 2.05) is 91.0 Å². The number of nitrogens with zero attached hydrogens (tertiary/aromatic N) is 2. The zero-order valence-electron chi connectivity index (χ0n) is 14.0. The fourth-order valence-electron chi connectivity index (χ4n) is 3.22. The second kappa shape index (κ2) is 6.90. The average molecular weight is 405 g/mol. The van der Waals surface area contributed by atoms with Crippen molar-refractivity contribution in [1.29, 1.82) is 0 Å². The van der Waals surface area contributed by atoms with Crippen LogP contribution >= 0.6 is 15.9 Å². The Morgan fingerprint density at radius 3 is 1.69 bits per heavy atom. The molecule has 0 radical (unpaired) electrons. The zero-order chi connectivity index (χ0) is 18.0. The first-order valence-corrected chi connectivity index (χ1v) is 9.13. The minimum absolute atomic E-state index is 0.668. The van der Waals surface area contributed by atoms with Crippen LogP contribution in [0.5, 0.6) is 0 Å². The molecular weight excluding hydrogens is 388 g/mol. The Kier molecular flexibility index (Phi) is 4.45. The normalized spacial score (nSPS) is 11.5. The van der Waals surface area contributed by atoms with Gasteiger partial charge in [-0.1, -0.05) is 78.9 Å². The van der Waals surface area contributed by atoms with Crippen molar-refractivity contribution >= 4 is 15.9 Å². The Balaban J connectivity index is 2.02. The number of aliphatic hydroxyl groups is 1. The average Bonchev–Trinajstić information content (AvgIpc) is 3.11. The number of rotatable bonds is 4. The highest BCUT2D eigenvalue weighted by molar-refractivity contribution is 9.10. The minimum Gasteiger partial charge on any atom is -0.374 e. The number of halogens is 1. The maximum Gasteiger partial charge on any atom is 0.158 e. The van der Waals surface area contributed by atoms with E-state index >= 15 is 0 Å². The highest BCUT2D eigenvalue weighted by atomic mass is 79.9. The molecule has 1 N–H and O–H groups in total. The summed E-state index contributed by atoms with van der Waals surface area (Å²) in [5, 5.41) is 16.6. The molecule has 0 saturated heterocycles. The van der Waals surface area contributed by atoms with Crippen LogP contribution in [0, 0.1) is 0 Å². The lowest BCUT2D eigenvalue weighted by atomic mass is 9.83. The van der Waals surface area contributed by atoms with Crippen molar-refractivity contribution in [2.75, 3.05) is 0 Å². The zero-order valence-corrected chi connectivity index (χ0v) is 15.5. The first-order chi connectivity index (χ1) is 12.7. The third-order valence-electron chi connectivity index (χ3n) is 4.45. The number of para-hydroxylation sites is 1. The van der Waals surface area contributed by atoms with E-state index < -0.39 is 5.60 Å². The minimum atomic E-state index is -1.35. The molecule has 0 saturated carbocycles. The summed E-state index contributed by atoms with van der Waals surface area (Å²) in [6.07, 6.45) is 1.72. The molecule has 26 heavy (non-hydrogen) atoms. The van der Waals surface area contributed by atoms with Crippen LogP contribution in [0.1, 0.15) is 16.8 Å². The lowest BCUT2D eigenvalue weighted by Crippen LogP contribution is -2.32. The first kappa shape index (κ1) is 16.8. The van der Waals surface area contributed by atoms with Crippen molar-refractivity contribution in [1.82, 2.24) is 9.78 Å². The Morgan fingerprint density at radius 1 is 0.731 bits per heavy atom. The van der Waals surface area contributed by atoms with E-state index in [-0.39, 0.29) is 0 Å². The van der Waals surface area contributed by atoms with Crippen molar-refractivity contribution in [3.8, 4) is 5.69 Å². The van der Waals surface area contributed by atoms with Gasteiger partial charge in [0.25, 0.3) is 0 Å². The summed E-state index contributed by atoms with van der Waals surface area (Å²) in [6.45, 7) is 0. The van der Waals surface area contributed by atoms with Gasteiger partial charge in [0.15, 0.2) is 5.60 Å². The molecule has 0 spiro atoms. The van der Waals surface area contributed by atoms with Crippen LogP contribution in [0.2, 0.25) is 0 Å². The smallest absolute Gasteiger partial charge is 0.158 e. The third-order valence-corrected chi connectivity index (χ3v) is 5.03. The molecule has 4 rings (SSSR count). The summed E-state index contributed by atoms with van der Waals surface area (Å²) in [6, 6.07) is 29.2. The van der Waals surface area contributed by atoms with E-state index in [1.165, 1.54) is 0 Å². The Labute approximate surface area is 160 Å². The standard InChI is InChI=1S/C22H17BrN2O/c23-20-16-24-25(19-14-8-3-9-15-19)21(20)22(26,17-10-4-1-5-11-17)18-12-6-2-7-13-18/h1-16,26H. The van der Waals surface area contributed by atoms with E-state index in [9.17, 15) is 5.11 Å². The van der Waals surface area contributed by atoms with Gasteiger partial charge in [-0.05, 0) is 39.2 Å². The van der Waals surface area contributed by atoms with Crippen LogP contribution < -0.4 is 0 Å². The topological polar surface area (TPSA) is 38.1 Å². The van der Waals surface area contributed by atoms with Crippen LogP contribution in [-0.2, 0) is 5.60 Å². The largest absolute Gasteiger partial charge is 0.374 e. The quantitative estimate of drug-likeness (QED) is 0.524. The summed E-state index contributed by atoms with van der Waals surface area (Å²) >= 11 is 3.60. The summed E-state index contributed by atoms with van der Waals surface area (Å²) in [5.74, 6) is 0. The molecule has 0 atom stereocenters. The fraction of sp³-hybridized carbons (Fsp3) is 0.0455. The van der Waals surface area contributed by atoms with Crippen molar-refractivity contribution in [2.45, 2.75) is 5.60 Å². The number of hydrogen-bond donors (Lipinski definition) is 1. The fourth-order valence-corrected chi connectivity index (χ4v) is 3.76. The molecule has 0 amide bonds. The molecule has 3 nitrogen and oxygen atoms in total. The molecule has 0 unspecified atom stereocenters. The summed E-state index contributed by atoms with van der Waals surface area (Å²) < 4.78 is 2.53. The molecule has 0 aliphatic rings. The molecule has 4 heteroatoms. The molecular formula is C22H17BrN2O. The van der Waals surface area contributed by atoms with Gasteiger partial charge in [0, 0.05) is 0 Å². The maximum atomic E-state index is 12.0. The summed E-state index contributed by atoms with van der Waals surface area (Å²) in [4.78, 5) is 0. The second-order valence-corrected chi connectivity index (χ2v) is 6.89. The van der Waals surface area contributed by atoms with Gasteiger partial charge >= 0.3 is 0 Å². The van der Waals surface area contributed by atoms with E-state index in [2.05, 4.69) is 21.0 Å². The molecule has 1 aromatic heterocycles. The Morgan fingerprint density at radius 2 is 1.19 bits per heavy atom. The molecule has 0 aliphatic heterocycles. The molecule has 0 aliphatic carbocycles. The number of aromatic nitrogens is 2. The lowest BCUT2D eigenvalue weighted by molar-refractivity contribution is 0.117. The van der Waals surface area contributed by atoms with Gasteiger partial charge in [-0.2, -0.15) is 5.10 Å². The van der Waals surface area contributed by atoms with Gasteiger partial charge in [0.05, 0.1) is 22.1 Å². The van der Waals surface area contributed by atoms with E-state index in [0.717, 1.165) is 21.3 Å². The molecule has 1 heterocycles. The van der Waals surface area contributed by atoms with Gasteiger partial charge in [0.2, 0.25) is 0 Å².